The van der Waals surface area contributed by atoms with Crippen molar-refractivity contribution in [1.29, 1.82) is 0 Å². The van der Waals surface area contributed by atoms with Crippen LogP contribution in [-0.2, 0) is 18.4 Å². The Morgan fingerprint density at radius 2 is 1.79 bits per heavy atom. The van der Waals surface area contributed by atoms with Crippen LogP contribution in [0.4, 0.5) is 30.5 Å². The highest BCUT2D eigenvalue weighted by Gasteiger charge is 2.68. The van der Waals surface area contributed by atoms with E-state index in [2.05, 4.69) is 36.9 Å². The van der Waals surface area contributed by atoms with Gasteiger partial charge in [-0.1, -0.05) is 33.6 Å². The van der Waals surface area contributed by atoms with Crippen LogP contribution in [-0.4, -0.2) is 27.5 Å². The van der Waals surface area contributed by atoms with Crippen LogP contribution < -0.4 is 16.0 Å². The third kappa shape index (κ3) is 5.46. The normalized spacial score (nSPS) is 14.2. The lowest BCUT2D eigenvalue weighted by molar-refractivity contribution is -0.192. The van der Waals surface area contributed by atoms with Crippen molar-refractivity contribution in [1.82, 2.24) is 14.9 Å². The fourth-order valence-electron chi connectivity index (χ4n) is 4.20. The molecule has 0 saturated heterocycles. The van der Waals surface area contributed by atoms with Crippen LogP contribution in [0.25, 0.3) is 11.0 Å². The van der Waals surface area contributed by atoms with Gasteiger partial charge in [0.2, 0.25) is 11.9 Å². The first-order chi connectivity index (χ1) is 18.5. The lowest BCUT2D eigenvalue weighted by atomic mass is 10.1. The van der Waals surface area contributed by atoms with E-state index in [9.17, 15) is 22.8 Å². The highest BCUT2D eigenvalue weighted by molar-refractivity contribution is 9.10. The number of nitrogens with one attached hydrogen (secondary N) is 3. The third-order valence-electron chi connectivity index (χ3n) is 6.70. The number of nitrogens with zero attached hydrogens (tertiary/aromatic N) is 2. The molecule has 1 heterocycles. The number of carbonyl (C=O) groups is 2. The molecule has 12 heteroatoms. The zero-order valence-corrected chi connectivity index (χ0v) is 22.8. The van der Waals surface area contributed by atoms with Crippen molar-refractivity contribution in [3.05, 3.63) is 81.3 Å². The number of halogens is 5. The van der Waals surface area contributed by atoms with Gasteiger partial charge in [0, 0.05) is 29.3 Å². The topological polar surface area (TPSA) is 88.1 Å². The van der Waals surface area contributed by atoms with E-state index >= 15 is 0 Å². The van der Waals surface area contributed by atoms with Crippen LogP contribution in [0.5, 0.6) is 0 Å². The van der Waals surface area contributed by atoms with Gasteiger partial charge in [-0.15, -0.1) is 0 Å². The molecular formula is C27H22BrClF3N5O2. The number of carbonyl (C=O) groups excluding carboxylic acids is 2. The van der Waals surface area contributed by atoms with Gasteiger partial charge in [-0.2, -0.15) is 13.2 Å². The monoisotopic (exact) mass is 619 g/mol. The number of hydrogen-bond donors (Lipinski definition) is 3. The molecular weight excluding hydrogens is 599 g/mol. The summed E-state index contributed by atoms with van der Waals surface area (Å²) in [7, 11) is 1.80. The molecule has 2 amide bonds. The number of hydrogen-bond acceptors (Lipinski definition) is 4. The lowest BCUT2D eigenvalue weighted by Gasteiger charge is -2.18. The van der Waals surface area contributed by atoms with Crippen molar-refractivity contribution < 1.29 is 22.8 Å². The zero-order valence-electron chi connectivity index (χ0n) is 20.5. The smallest absolute Gasteiger partial charge is 0.351 e. The lowest BCUT2D eigenvalue weighted by Crippen LogP contribution is -2.40. The van der Waals surface area contributed by atoms with Crippen LogP contribution in [0, 0.1) is 5.41 Å². The van der Waals surface area contributed by atoms with Crippen LogP contribution in [0.15, 0.2) is 65.1 Å². The highest BCUT2D eigenvalue weighted by atomic mass is 79.9. The first-order valence-corrected chi connectivity index (χ1v) is 13.1. The number of amides is 2. The van der Waals surface area contributed by atoms with Crippen molar-refractivity contribution in [3.8, 4) is 0 Å². The molecule has 39 heavy (non-hydrogen) atoms. The van der Waals surface area contributed by atoms with Gasteiger partial charge >= 0.3 is 6.18 Å². The quantitative estimate of drug-likeness (QED) is 0.209. The Bertz CT molecular complexity index is 1580. The molecule has 202 valence electrons. The number of aromatic nitrogens is 2. The first-order valence-electron chi connectivity index (χ1n) is 11.9. The summed E-state index contributed by atoms with van der Waals surface area (Å²) in [5.41, 5.74) is 1.18. The van der Waals surface area contributed by atoms with Crippen molar-refractivity contribution in [2.75, 3.05) is 10.6 Å². The summed E-state index contributed by atoms with van der Waals surface area (Å²) in [6, 6.07) is 17.3. The molecule has 1 saturated carbocycles. The largest absolute Gasteiger partial charge is 0.403 e. The molecule has 0 unspecified atom stereocenters. The van der Waals surface area contributed by atoms with Gasteiger partial charge in [-0.05, 0) is 73.0 Å². The molecule has 0 radical (unpaired) electrons. The van der Waals surface area contributed by atoms with Crippen molar-refractivity contribution in [2.24, 2.45) is 12.5 Å². The summed E-state index contributed by atoms with van der Waals surface area (Å²) >= 11 is 9.73. The molecule has 0 aliphatic heterocycles. The van der Waals surface area contributed by atoms with E-state index in [1.807, 2.05) is 12.1 Å². The molecule has 3 N–H and O–H groups in total. The molecule has 0 bridgehead atoms. The number of imidazole rings is 1. The fraction of sp³-hybridized carbons (Fsp3) is 0.222. The number of anilines is 3. The van der Waals surface area contributed by atoms with E-state index < -0.39 is 17.5 Å². The van der Waals surface area contributed by atoms with Gasteiger partial charge < -0.3 is 20.5 Å². The standard InChI is InChI=1S/C27H22BrClF3N5O2/c1-37-22-9-3-16(23(38)34-18-6-4-17(28)5-7-18)13-21(22)36-25(37)35-20-12-15(2-8-19(20)29)14-33-24(39)26(10-11-26)27(30,31)32/h2-9,12-13H,10-11,14H2,1H3,(H,33,39)(H,34,38)(H,35,36). The number of rotatable bonds is 7. The zero-order chi connectivity index (χ0) is 27.9. The van der Waals surface area contributed by atoms with E-state index in [0.29, 0.717) is 39.0 Å². The van der Waals surface area contributed by atoms with E-state index in [1.165, 1.54) is 0 Å². The second kappa shape index (κ2) is 10.2. The molecule has 1 fully saturated rings. The van der Waals surface area contributed by atoms with Gasteiger partial charge in [0.15, 0.2) is 0 Å². The van der Waals surface area contributed by atoms with E-state index in [4.69, 9.17) is 11.6 Å². The first kappa shape index (κ1) is 27.0. The van der Waals surface area contributed by atoms with Crippen LogP contribution in [0.3, 0.4) is 0 Å². The second-order valence-electron chi connectivity index (χ2n) is 9.36. The average Bonchev–Trinajstić information content (AvgIpc) is 3.67. The minimum atomic E-state index is -4.57. The molecule has 1 aliphatic carbocycles. The Kier molecular flexibility index (Phi) is 7.06. The van der Waals surface area contributed by atoms with Crippen molar-refractivity contribution in [2.45, 2.75) is 25.6 Å². The number of benzene rings is 3. The number of alkyl halides is 3. The summed E-state index contributed by atoms with van der Waals surface area (Å²) < 4.78 is 42.3. The van der Waals surface area contributed by atoms with Crippen LogP contribution in [0.2, 0.25) is 5.02 Å². The van der Waals surface area contributed by atoms with Gasteiger partial charge in [-0.3, -0.25) is 9.59 Å². The molecule has 4 aromatic rings. The Balaban J connectivity index is 1.31. The Labute approximate surface area is 234 Å². The van der Waals surface area contributed by atoms with Crippen LogP contribution >= 0.6 is 27.5 Å². The summed E-state index contributed by atoms with van der Waals surface area (Å²) in [5.74, 6) is -0.863. The molecule has 1 aromatic heterocycles. The Morgan fingerprint density at radius 3 is 2.46 bits per heavy atom. The van der Waals surface area contributed by atoms with Crippen LogP contribution in [0.1, 0.15) is 28.8 Å². The minimum absolute atomic E-state index is 0.0815. The summed E-state index contributed by atoms with van der Waals surface area (Å²) in [5, 5.41) is 8.75. The van der Waals surface area contributed by atoms with Gasteiger partial charge in [0.05, 0.1) is 21.7 Å². The average molecular weight is 621 g/mol. The maximum atomic E-state index is 13.2. The molecule has 7 nitrogen and oxygen atoms in total. The second-order valence-corrected chi connectivity index (χ2v) is 10.7. The predicted molar refractivity (Wildman–Crippen MR) is 147 cm³/mol. The van der Waals surface area contributed by atoms with Gasteiger partial charge in [0.1, 0.15) is 5.41 Å². The van der Waals surface area contributed by atoms with E-state index in [-0.39, 0.29) is 25.3 Å². The Hall–Kier alpha value is -3.57. The summed E-state index contributed by atoms with van der Waals surface area (Å²) in [4.78, 5) is 29.6. The third-order valence-corrected chi connectivity index (χ3v) is 7.56. The molecule has 5 rings (SSSR count). The summed E-state index contributed by atoms with van der Waals surface area (Å²) in [6.45, 7) is -0.0815. The maximum Gasteiger partial charge on any atom is 0.403 e. The Morgan fingerprint density at radius 1 is 1.08 bits per heavy atom. The molecule has 3 aromatic carbocycles. The van der Waals surface area contributed by atoms with E-state index in [0.717, 1.165) is 9.99 Å². The number of aryl methyl sites for hydroxylation is 1. The SMILES string of the molecule is Cn1c(Nc2cc(CNC(=O)C3(C(F)(F)F)CC3)ccc2Cl)nc2cc(C(=O)Nc3ccc(Br)cc3)ccc21. The van der Waals surface area contributed by atoms with E-state index in [1.54, 1.807) is 60.1 Å². The van der Waals surface area contributed by atoms with Crippen molar-refractivity contribution >= 4 is 67.7 Å². The van der Waals surface area contributed by atoms with Gasteiger partial charge in [0.25, 0.3) is 5.91 Å². The summed E-state index contributed by atoms with van der Waals surface area (Å²) in [6.07, 6.45) is -4.96. The highest BCUT2D eigenvalue weighted by Crippen LogP contribution is 2.57. The molecule has 1 aliphatic rings. The molecule has 0 atom stereocenters. The molecule has 0 spiro atoms. The van der Waals surface area contributed by atoms with Gasteiger partial charge in [-0.25, -0.2) is 4.98 Å². The number of fused-ring (bicyclic) bond motifs is 1. The fourth-order valence-corrected chi connectivity index (χ4v) is 4.63. The maximum absolute atomic E-state index is 13.2. The minimum Gasteiger partial charge on any atom is -0.351 e. The predicted octanol–water partition coefficient (Wildman–Crippen LogP) is 6.94. The van der Waals surface area contributed by atoms with Crippen molar-refractivity contribution in [3.63, 3.8) is 0 Å².